The lowest BCUT2D eigenvalue weighted by molar-refractivity contribution is -0.139. The Morgan fingerprint density at radius 2 is 2.04 bits per heavy atom. The summed E-state index contributed by atoms with van der Waals surface area (Å²) in [6.07, 6.45) is 1.64. The van der Waals surface area contributed by atoms with Crippen LogP contribution in [-0.4, -0.2) is 33.1 Å². The second kappa shape index (κ2) is 7.57. The highest BCUT2D eigenvalue weighted by Gasteiger charge is 2.22. The number of esters is 1. The molecule has 0 saturated carbocycles. The first-order chi connectivity index (χ1) is 12.1. The van der Waals surface area contributed by atoms with E-state index in [1.807, 2.05) is 47.9 Å². The molecule has 0 unspecified atom stereocenters. The Balaban J connectivity index is 1.99. The minimum absolute atomic E-state index is 0.291. The second-order valence-electron chi connectivity index (χ2n) is 5.55. The van der Waals surface area contributed by atoms with Crippen LogP contribution in [0.3, 0.4) is 0 Å². The summed E-state index contributed by atoms with van der Waals surface area (Å²) in [6.45, 7) is 4.28. The van der Waals surface area contributed by atoms with Gasteiger partial charge in [-0.05, 0) is 25.5 Å². The van der Waals surface area contributed by atoms with E-state index >= 15 is 0 Å². The minimum Gasteiger partial charge on any atom is -0.469 e. The Labute approximate surface area is 150 Å². The number of hydrogen-bond donors (Lipinski definition) is 0. The van der Waals surface area contributed by atoms with Crippen LogP contribution in [0.15, 0.2) is 52.2 Å². The molecular formula is C18H19N3O3S. The molecule has 0 aliphatic carbocycles. The number of aromatic nitrogens is 3. The fourth-order valence-electron chi connectivity index (χ4n) is 2.47. The van der Waals surface area contributed by atoms with Crippen LogP contribution < -0.4 is 0 Å². The van der Waals surface area contributed by atoms with E-state index in [1.54, 1.807) is 13.2 Å². The predicted molar refractivity (Wildman–Crippen MR) is 95.3 cm³/mol. The quantitative estimate of drug-likeness (QED) is 0.496. The monoisotopic (exact) mass is 357 g/mol. The average Bonchev–Trinajstić information content (AvgIpc) is 3.21. The van der Waals surface area contributed by atoms with Gasteiger partial charge in [-0.15, -0.1) is 10.2 Å². The molecule has 6 nitrogen and oxygen atoms in total. The van der Waals surface area contributed by atoms with Crippen molar-refractivity contribution in [1.82, 2.24) is 14.8 Å². The van der Waals surface area contributed by atoms with Crippen molar-refractivity contribution in [2.24, 2.45) is 0 Å². The maximum absolute atomic E-state index is 11.8. The second-order valence-corrected chi connectivity index (χ2v) is 6.86. The summed E-state index contributed by atoms with van der Waals surface area (Å²) in [6, 6.07) is 11.9. The van der Waals surface area contributed by atoms with Gasteiger partial charge in [0.15, 0.2) is 11.0 Å². The number of benzene rings is 1. The van der Waals surface area contributed by atoms with E-state index in [0.717, 1.165) is 22.7 Å². The number of ether oxygens (including phenoxy) is 1. The van der Waals surface area contributed by atoms with E-state index in [-0.39, 0.29) is 11.2 Å². The number of methoxy groups -OCH3 is 1. The third kappa shape index (κ3) is 3.76. The van der Waals surface area contributed by atoms with Crippen molar-refractivity contribution in [1.29, 1.82) is 0 Å². The number of nitrogens with zero attached hydrogens (tertiary/aromatic N) is 3. The highest BCUT2D eigenvalue weighted by Crippen LogP contribution is 2.30. The van der Waals surface area contributed by atoms with E-state index in [0.29, 0.717) is 11.7 Å². The molecule has 0 aliphatic heterocycles. The Morgan fingerprint density at radius 3 is 2.68 bits per heavy atom. The van der Waals surface area contributed by atoms with Crippen LogP contribution in [0.2, 0.25) is 0 Å². The summed E-state index contributed by atoms with van der Waals surface area (Å²) in [4.78, 5) is 11.8. The van der Waals surface area contributed by atoms with E-state index in [1.165, 1.54) is 18.9 Å². The van der Waals surface area contributed by atoms with E-state index in [2.05, 4.69) is 10.2 Å². The predicted octanol–water partition coefficient (Wildman–Crippen LogP) is 3.55. The molecule has 25 heavy (non-hydrogen) atoms. The first-order valence-electron chi connectivity index (χ1n) is 7.86. The maximum atomic E-state index is 11.8. The van der Waals surface area contributed by atoms with Gasteiger partial charge in [0.05, 0.1) is 25.5 Å². The molecule has 3 aromatic rings. The zero-order valence-electron chi connectivity index (χ0n) is 14.3. The molecule has 0 radical (unpaired) electrons. The van der Waals surface area contributed by atoms with E-state index in [4.69, 9.17) is 9.15 Å². The third-order valence-corrected chi connectivity index (χ3v) is 4.87. The van der Waals surface area contributed by atoms with Gasteiger partial charge in [0, 0.05) is 0 Å². The van der Waals surface area contributed by atoms with Crippen LogP contribution in [0.25, 0.3) is 11.4 Å². The van der Waals surface area contributed by atoms with Crippen molar-refractivity contribution in [2.45, 2.75) is 30.8 Å². The Bertz CT molecular complexity index is 858. The van der Waals surface area contributed by atoms with Gasteiger partial charge in [-0.2, -0.15) is 0 Å². The van der Waals surface area contributed by atoms with Crippen molar-refractivity contribution in [3.63, 3.8) is 0 Å². The Morgan fingerprint density at radius 1 is 1.28 bits per heavy atom. The molecule has 0 fully saturated rings. The number of carbonyl (C=O) groups excluding carboxylic acids is 1. The number of thioether (sulfide) groups is 1. The molecule has 2 aromatic heterocycles. The summed E-state index contributed by atoms with van der Waals surface area (Å²) in [5.74, 6) is 1.20. The Kier molecular flexibility index (Phi) is 5.23. The highest BCUT2D eigenvalue weighted by atomic mass is 32.2. The van der Waals surface area contributed by atoms with Gasteiger partial charge in [0.25, 0.3) is 0 Å². The van der Waals surface area contributed by atoms with Gasteiger partial charge in [0.1, 0.15) is 11.0 Å². The average molecular weight is 357 g/mol. The molecule has 3 rings (SSSR count). The molecule has 0 aliphatic rings. The first kappa shape index (κ1) is 17.3. The van der Waals surface area contributed by atoms with Gasteiger partial charge in [0.2, 0.25) is 0 Å². The lowest BCUT2D eigenvalue weighted by Gasteiger charge is -2.12. The zero-order valence-corrected chi connectivity index (χ0v) is 15.1. The van der Waals surface area contributed by atoms with Crippen molar-refractivity contribution >= 4 is 17.7 Å². The summed E-state index contributed by atoms with van der Waals surface area (Å²) >= 11 is 1.33. The molecule has 0 N–H and O–H groups in total. The van der Waals surface area contributed by atoms with Crippen molar-refractivity contribution < 1.29 is 13.9 Å². The molecule has 1 aromatic carbocycles. The number of furan rings is 1. The lowest BCUT2D eigenvalue weighted by atomic mass is 10.2. The largest absolute Gasteiger partial charge is 0.469 e. The van der Waals surface area contributed by atoms with Crippen molar-refractivity contribution in [3.8, 4) is 11.4 Å². The molecule has 0 amide bonds. The van der Waals surface area contributed by atoms with E-state index < -0.39 is 0 Å². The number of hydrogen-bond acceptors (Lipinski definition) is 6. The summed E-state index contributed by atoms with van der Waals surface area (Å²) < 4.78 is 12.2. The molecular weight excluding hydrogens is 338 g/mol. The van der Waals surface area contributed by atoms with Crippen LogP contribution in [0.5, 0.6) is 0 Å². The lowest BCUT2D eigenvalue weighted by Crippen LogP contribution is -2.16. The SMILES string of the molecule is COC(=O)[C@H](C)Sc1nnc(-c2ccoc2C)n1Cc1ccccc1. The van der Waals surface area contributed by atoms with Crippen molar-refractivity contribution in [3.05, 3.63) is 54.0 Å². The summed E-state index contributed by atoms with van der Waals surface area (Å²) in [5.41, 5.74) is 2.01. The Hall–Kier alpha value is -2.54. The van der Waals surface area contributed by atoms with E-state index in [9.17, 15) is 4.79 Å². The molecule has 130 valence electrons. The van der Waals surface area contributed by atoms with Crippen molar-refractivity contribution in [2.75, 3.05) is 7.11 Å². The highest BCUT2D eigenvalue weighted by molar-refractivity contribution is 8.00. The minimum atomic E-state index is -0.373. The van der Waals surface area contributed by atoms with Crippen LogP contribution in [0, 0.1) is 6.92 Å². The first-order valence-corrected chi connectivity index (χ1v) is 8.74. The molecule has 7 heteroatoms. The molecule has 0 saturated heterocycles. The van der Waals surface area contributed by atoms with Gasteiger partial charge >= 0.3 is 5.97 Å². The third-order valence-electron chi connectivity index (χ3n) is 3.82. The standard InChI is InChI=1S/C18H19N3O3S/c1-12-15(9-10-24-12)16-19-20-18(25-13(2)17(22)23-3)21(16)11-14-7-5-4-6-8-14/h4-10,13H,11H2,1-3H3/t13-/m0/s1. The number of carbonyl (C=O) groups is 1. The zero-order chi connectivity index (χ0) is 17.8. The van der Waals surface area contributed by atoms with Gasteiger partial charge < -0.3 is 9.15 Å². The topological polar surface area (TPSA) is 70.2 Å². The molecule has 0 bridgehead atoms. The molecule has 0 spiro atoms. The normalized spacial score (nSPS) is 12.1. The summed E-state index contributed by atoms with van der Waals surface area (Å²) in [7, 11) is 1.38. The molecule has 1 atom stereocenters. The number of rotatable bonds is 6. The van der Waals surface area contributed by atoms with Crippen LogP contribution >= 0.6 is 11.8 Å². The molecule has 2 heterocycles. The van der Waals surface area contributed by atoms with Gasteiger partial charge in [-0.1, -0.05) is 42.1 Å². The van der Waals surface area contributed by atoms with Crippen LogP contribution in [0.1, 0.15) is 18.2 Å². The van der Waals surface area contributed by atoms with Crippen LogP contribution in [-0.2, 0) is 16.1 Å². The summed E-state index contributed by atoms with van der Waals surface area (Å²) in [5, 5.41) is 8.92. The van der Waals surface area contributed by atoms with Crippen LogP contribution in [0.4, 0.5) is 0 Å². The fraction of sp³-hybridized carbons (Fsp3) is 0.278. The van der Waals surface area contributed by atoms with Gasteiger partial charge in [-0.3, -0.25) is 9.36 Å². The number of aryl methyl sites for hydroxylation is 1. The fourth-order valence-corrected chi connectivity index (χ4v) is 3.35. The maximum Gasteiger partial charge on any atom is 0.318 e. The smallest absolute Gasteiger partial charge is 0.318 e. The van der Waals surface area contributed by atoms with Gasteiger partial charge in [-0.25, -0.2) is 0 Å².